The Morgan fingerprint density at radius 2 is 1.79 bits per heavy atom. The van der Waals surface area contributed by atoms with E-state index in [1.165, 1.54) is 0 Å². The van der Waals surface area contributed by atoms with Crippen LogP contribution < -0.4 is 5.46 Å². The fraction of sp³-hybridized carbons (Fsp3) is 0.462. The fourth-order valence-corrected chi connectivity index (χ4v) is 2.27. The molecule has 1 fully saturated rings. The Balaban J connectivity index is 2.00. The predicted octanol–water partition coefficient (Wildman–Crippen LogP) is 2.29. The van der Waals surface area contributed by atoms with E-state index in [9.17, 15) is 0 Å². The highest BCUT2D eigenvalue weighted by Crippen LogP contribution is 2.36. The summed E-state index contributed by atoms with van der Waals surface area (Å²) in [6.45, 7) is 8.15. The van der Waals surface area contributed by atoms with Gasteiger partial charge in [0.25, 0.3) is 0 Å². The molecule has 4 nitrogen and oxygen atoms in total. The molecule has 0 unspecified atom stereocenters. The van der Waals surface area contributed by atoms with Crippen LogP contribution in [0.2, 0.25) is 5.15 Å². The molecule has 2 aromatic heterocycles. The molecule has 1 aliphatic rings. The van der Waals surface area contributed by atoms with E-state index in [-0.39, 0.29) is 18.3 Å². The summed E-state index contributed by atoms with van der Waals surface area (Å²) >= 11 is 6.08. The molecule has 100 valence electrons. The van der Waals surface area contributed by atoms with Gasteiger partial charge in [0, 0.05) is 6.20 Å². The standard InChI is InChI=1S/C13H16BClN2O2/c1-12(2)13(3,4)19-14(18-12)9-5-6-11-16-7-10(15)17(11)8-9/h5-8H,1-4H3. The summed E-state index contributed by atoms with van der Waals surface area (Å²) in [6.07, 6.45) is 3.54. The summed E-state index contributed by atoms with van der Waals surface area (Å²) in [4.78, 5) is 4.19. The lowest BCUT2D eigenvalue weighted by molar-refractivity contribution is 0.00578. The summed E-state index contributed by atoms with van der Waals surface area (Å²) < 4.78 is 13.9. The van der Waals surface area contributed by atoms with Gasteiger partial charge in [-0.05, 0) is 39.2 Å². The van der Waals surface area contributed by atoms with Gasteiger partial charge in [-0.1, -0.05) is 17.7 Å². The van der Waals surface area contributed by atoms with Gasteiger partial charge in [-0.3, -0.25) is 4.40 Å². The van der Waals surface area contributed by atoms with E-state index in [1.54, 1.807) is 6.20 Å². The third kappa shape index (κ3) is 1.97. The maximum Gasteiger partial charge on any atom is 0.496 e. The van der Waals surface area contributed by atoms with Crippen molar-refractivity contribution in [3.05, 3.63) is 29.7 Å². The van der Waals surface area contributed by atoms with E-state index in [2.05, 4.69) is 4.98 Å². The highest BCUT2D eigenvalue weighted by molar-refractivity contribution is 6.62. The zero-order valence-corrected chi connectivity index (χ0v) is 12.2. The van der Waals surface area contributed by atoms with Crippen molar-refractivity contribution in [3.63, 3.8) is 0 Å². The Bertz CT molecular complexity index is 623. The Morgan fingerprint density at radius 1 is 1.16 bits per heavy atom. The lowest BCUT2D eigenvalue weighted by Crippen LogP contribution is -2.41. The number of fused-ring (bicyclic) bond motifs is 1. The molecule has 1 saturated heterocycles. The fourth-order valence-electron chi connectivity index (χ4n) is 2.09. The van der Waals surface area contributed by atoms with Crippen molar-refractivity contribution >= 4 is 29.8 Å². The number of aromatic nitrogens is 2. The maximum atomic E-state index is 6.08. The second-order valence-corrected chi connectivity index (χ2v) is 6.25. The van der Waals surface area contributed by atoms with Crippen molar-refractivity contribution < 1.29 is 9.31 Å². The number of imidazole rings is 1. The number of pyridine rings is 1. The molecule has 3 heterocycles. The van der Waals surface area contributed by atoms with E-state index in [0.717, 1.165) is 11.1 Å². The molecule has 1 aliphatic heterocycles. The van der Waals surface area contributed by atoms with Gasteiger partial charge in [0.15, 0.2) is 0 Å². The van der Waals surface area contributed by atoms with Crippen LogP contribution in [0.1, 0.15) is 27.7 Å². The monoisotopic (exact) mass is 278 g/mol. The van der Waals surface area contributed by atoms with Crippen LogP contribution in [0.25, 0.3) is 5.65 Å². The average Bonchev–Trinajstić information content (AvgIpc) is 2.78. The molecule has 0 aliphatic carbocycles. The Morgan fingerprint density at radius 3 is 2.42 bits per heavy atom. The summed E-state index contributed by atoms with van der Waals surface area (Å²) in [5, 5.41) is 0.577. The molecule has 3 rings (SSSR count). The van der Waals surface area contributed by atoms with E-state index >= 15 is 0 Å². The SMILES string of the molecule is CC1(C)OB(c2ccc3ncc(Cl)n3c2)OC1(C)C. The molecule has 0 radical (unpaired) electrons. The topological polar surface area (TPSA) is 35.8 Å². The summed E-state index contributed by atoms with van der Waals surface area (Å²) in [5.41, 5.74) is 1.06. The van der Waals surface area contributed by atoms with E-state index in [1.807, 2.05) is 50.4 Å². The molecule has 6 heteroatoms. The summed E-state index contributed by atoms with van der Waals surface area (Å²) in [6, 6.07) is 3.87. The van der Waals surface area contributed by atoms with Gasteiger partial charge in [-0.2, -0.15) is 0 Å². The maximum absolute atomic E-state index is 6.08. The lowest BCUT2D eigenvalue weighted by atomic mass is 9.80. The van der Waals surface area contributed by atoms with E-state index in [4.69, 9.17) is 20.9 Å². The molecular formula is C13H16BClN2O2. The number of halogens is 1. The van der Waals surface area contributed by atoms with Crippen LogP contribution in [-0.2, 0) is 9.31 Å². The van der Waals surface area contributed by atoms with E-state index in [0.29, 0.717) is 5.15 Å². The van der Waals surface area contributed by atoms with Gasteiger partial charge in [0.2, 0.25) is 0 Å². The molecule has 0 amide bonds. The first-order valence-corrected chi connectivity index (χ1v) is 6.66. The third-order valence-electron chi connectivity index (χ3n) is 4.01. The molecular weight excluding hydrogens is 262 g/mol. The zero-order valence-electron chi connectivity index (χ0n) is 11.5. The van der Waals surface area contributed by atoms with Crippen LogP contribution in [0, 0.1) is 0 Å². The zero-order chi connectivity index (χ0) is 13.8. The summed E-state index contributed by atoms with van der Waals surface area (Å²) in [5.74, 6) is 0. The van der Waals surface area contributed by atoms with Gasteiger partial charge >= 0.3 is 7.12 Å². The molecule has 0 atom stereocenters. The largest absolute Gasteiger partial charge is 0.496 e. The van der Waals surface area contributed by atoms with Crippen LogP contribution in [0.5, 0.6) is 0 Å². The van der Waals surface area contributed by atoms with Crippen molar-refractivity contribution in [1.29, 1.82) is 0 Å². The first kappa shape index (κ1) is 13.0. The quantitative estimate of drug-likeness (QED) is 0.751. The minimum absolute atomic E-state index is 0.342. The predicted molar refractivity (Wildman–Crippen MR) is 75.9 cm³/mol. The van der Waals surface area contributed by atoms with Crippen molar-refractivity contribution in [1.82, 2.24) is 9.38 Å². The van der Waals surface area contributed by atoms with Crippen LogP contribution in [0.4, 0.5) is 0 Å². The van der Waals surface area contributed by atoms with Gasteiger partial charge < -0.3 is 9.31 Å². The molecule has 0 spiro atoms. The lowest BCUT2D eigenvalue weighted by Gasteiger charge is -2.32. The molecule has 0 bridgehead atoms. The Kier molecular flexibility index (Phi) is 2.72. The highest BCUT2D eigenvalue weighted by Gasteiger charge is 2.51. The Hall–Kier alpha value is -1.04. The van der Waals surface area contributed by atoms with Crippen LogP contribution in [-0.4, -0.2) is 27.7 Å². The number of rotatable bonds is 1. The van der Waals surface area contributed by atoms with Crippen LogP contribution in [0.15, 0.2) is 24.5 Å². The van der Waals surface area contributed by atoms with Crippen molar-refractivity contribution in [2.75, 3.05) is 0 Å². The summed E-state index contributed by atoms with van der Waals surface area (Å²) in [7, 11) is -0.382. The van der Waals surface area contributed by atoms with Gasteiger partial charge in [-0.15, -0.1) is 0 Å². The second-order valence-electron chi connectivity index (χ2n) is 5.86. The van der Waals surface area contributed by atoms with Crippen molar-refractivity contribution in [2.45, 2.75) is 38.9 Å². The smallest absolute Gasteiger partial charge is 0.399 e. The molecule has 0 saturated carbocycles. The molecule has 0 aromatic carbocycles. The van der Waals surface area contributed by atoms with Gasteiger partial charge in [0.1, 0.15) is 10.8 Å². The molecule has 19 heavy (non-hydrogen) atoms. The Labute approximate surface area is 117 Å². The normalized spacial score (nSPS) is 21.2. The van der Waals surface area contributed by atoms with Crippen molar-refractivity contribution in [2.24, 2.45) is 0 Å². The number of nitrogens with zero attached hydrogens (tertiary/aromatic N) is 2. The number of hydrogen-bond acceptors (Lipinski definition) is 3. The average molecular weight is 279 g/mol. The van der Waals surface area contributed by atoms with Gasteiger partial charge in [0.05, 0.1) is 17.4 Å². The highest BCUT2D eigenvalue weighted by atomic mass is 35.5. The minimum Gasteiger partial charge on any atom is -0.399 e. The third-order valence-corrected chi connectivity index (χ3v) is 4.29. The molecule has 0 N–H and O–H groups in total. The minimum atomic E-state index is -0.382. The van der Waals surface area contributed by atoms with Gasteiger partial charge in [-0.25, -0.2) is 4.98 Å². The molecule has 2 aromatic rings. The number of hydrogen-bond donors (Lipinski definition) is 0. The first-order valence-electron chi connectivity index (χ1n) is 6.28. The van der Waals surface area contributed by atoms with Crippen molar-refractivity contribution in [3.8, 4) is 0 Å². The van der Waals surface area contributed by atoms with Crippen LogP contribution in [0.3, 0.4) is 0 Å². The van der Waals surface area contributed by atoms with Crippen LogP contribution >= 0.6 is 11.6 Å². The second kappa shape index (κ2) is 3.98. The van der Waals surface area contributed by atoms with E-state index < -0.39 is 0 Å². The first-order chi connectivity index (χ1) is 8.80.